The van der Waals surface area contributed by atoms with Crippen LogP contribution in [0.2, 0.25) is 0 Å². The lowest BCUT2D eigenvalue weighted by molar-refractivity contribution is 0.102. The van der Waals surface area contributed by atoms with Crippen molar-refractivity contribution in [3.8, 4) is 11.4 Å². The molecule has 0 unspecified atom stereocenters. The van der Waals surface area contributed by atoms with Crippen molar-refractivity contribution in [1.82, 2.24) is 9.78 Å². The second-order valence-electron chi connectivity index (χ2n) is 7.38. The van der Waals surface area contributed by atoms with Gasteiger partial charge in [0.05, 0.1) is 29.5 Å². The maximum atomic E-state index is 13.0. The van der Waals surface area contributed by atoms with Crippen molar-refractivity contribution >= 4 is 22.5 Å². The minimum absolute atomic E-state index is 0.231. The Hall–Kier alpha value is -2.93. The third-order valence-electron chi connectivity index (χ3n) is 5.13. The van der Waals surface area contributed by atoms with Crippen molar-refractivity contribution in [2.75, 3.05) is 11.9 Å². The molecule has 0 spiro atoms. The van der Waals surface area contributed by atoms with Gasteiger partial charge in [-0.05, 0) is 49.2 Å². The number of amides is 1. The summed E-state index contributed by atoms with van der Waals surface area (Å²) in [5.41, 5.74) is 4.11. The Kier molecular flexibility index (Phi) is 5.99. The fraction of sp³-hybridized carbons (Fsp3) is 0.304. The van der Waals surface area contributed by atoms with Gasteiger partial charge < -0.3 is 10.1 Å². The third-order valence-corrected chi connectivity index (χ3v) is 6.33. The number of para-hydroxylation sites is 1. The lowest BCUT2D eigenvalue weighted by Gasteiger charge is -2.13. The van der Waals surface area contributed by atoms with Crippen LogP contribution in [0.5, 0.6) is 5.75 Å². The highest BCUT2D eigenvalue weighted by Gasteiger charge is 2.28. The average Bonchev–Trinajstić information content (AvgIpc) is 3.26. The topological polar surface area (TPSA) is 73.2 Å². The fourth-order valence-electron chi connectivity index (χ4n) is 3.45. The molecule has 6 nitrogen and oxygen atoms in total. The number of aryl methyl sites for hydroxylation is 1. The van der Waals surface area contributed by atoms with Crippen LogP contribution in [0.15, 0.2) is 48.5 Å². The van der Waals surface area contributed by atoms with Crippen molar-refractivity contribution < 1.29 is 13.7 Å². The van der Waals surface area contributed by atoms with E-state index in [-0.39, 0.29) is 5.91 Å². The first-order chi connectivity index (χ1) is 14.6. The Balaban J connectivity index is 1.60. The van der Waals surface area contributed by atoms with Crippen molar-refractivity contribution in [3.63, 3.8) is 0 Å². The van der Waals surface area contributed by atoms with Crippen molar-refractivity contribution in [2.45, 2.75) is 38.2 Å². The van der Waals surface area contributed by atoms with Gasteiger partial charge in [0, 0.05) is 21.9 Å². The van der Waals surface area contributed by atoms with E-state index in [1.165, 1.54) is 0 Å². The first-order valence-corrected chi connectivity index (χ1v) is 11.6. The van der Waals surface area contributed by atoms with Gasteiger partial charge in [-0.25, -0.2) is 4.68 Å². The molecule has 0 saturated heterocycles. The standard InChI is InChI=1S/C23H25N3O3S/c1-3-4-13-29-18-11-9-17(10-12-18)23(27)24-22-19-14-30(28)15-20(19)25-26(22)21-8-6-5-7-16(21)2/h5-12H,3-4,13-15H2,1-2H3,(H,24,27)/t30-/m0/s1. The minimum Gasteiger partial charge on any atom is -0.494 e. The number of rotatable bonds is 7. The van der Waals surface area contributed by atoms with Crippen LogP contribution in [0.3, 0.4) is 0 Å². The van der Waals surface area contributed by atoms with Crippen LogP contribution in [-0.4, -0.2) is 26.5 Å². The molecule has 30 heavy (non-hydrogen) atoms. The average molecular weight is 424 g/mol. The number of carbonyl (C=O) groups excluding carboxylic acids is 1. The van der Waals surface area contributed by atoms with E-state index in [9.17, 15) is 9.00 Å². The highest BCUT2D eigenvalue weighted by atomic mass is 32.2. The molecule has 2 aromatic carbocycles. The van der Waals surface area contributed by atoms with E-state index in [1.807, 2.05) is 43.3 Å². The lowest BCUT2D eigenvalue weighted by Crippen LogP contribution is -2.17. The molecule has 1 N–H and O–H groups in total. The SMILES string of the molecule is CCCCOc1ccc(C(=O)Nc2c3c(nn2-c2ccccc2C)C[S@@](=O)C3)cc1. The van der Waals surface area contributed by atoms with Crippen LogP contribution in [0.25, 0.3) is 5.69 Å². The van der Waals surface area contributed by atoms with Gasteiger partial charge in [0.25, 0.3) is 5.91 Å². The second-order valence-corrected chi connectivity index (χ2v) is 8.84. The number of nitrogens with one attached hydrogen (secondary N) is 1. The molecule has 0 saturated carbocycles. The van der Waals surface area contributed by atoms with E-state index in [0.717, 1.165) is 41.1 Å². The molecule has 0 aliphatic carbocycles. The molecule has 3 aromatic rings. The molecule has 156 valence electrons. The normalized spacial score (nSPS) is 15.1. The number of fused-ring (bicyclic) bond motifs is 1. The first kappa shape index (κ1) is 20.3. The number of unbranched alkanes of at least 4 members (excludes halogenated alkanes) is 1. The molecule has 1 aliphatic rings. The summed E-state index contributed by atoms with van der Waals surface area (Å²) < 4.78 is 19.5. The predicted octanol–water partition coefficient (Wildman–Crippen LogP) is 4.37. The highest BCUT2D eigenvalue weighted by Crippen LogP contribution is 2.32. The van der Waals surface area contributed by atoms with E-state index in [1.54, 1.807) is 16.8 Å². The first-order valence-electron chi connectivity index (χ1n) is 10.1. The van der Waals surface area contributed by atoms with E-state index in [4.69, 9.17) is 4.74 Å². The molecular formula is C23H25N3O3S. The summed E-state index contributed by atoms with van der Waals surface area (Å²) in [7, 11) is -0.979. The molecule has 1 atom stereocenters. The number of nitrogens with zero attached hydrogens (tertiary/aromatic N) is 2. The number of aromatic nitrogens is 2. The molecule has 2 heterocycles. The number of benzene rings is 2. The number of carbonyl (C=O) groups is 1. The number of hydrogen-bond acceptors (Lipinski definition) is 4. The summed E-state index contributed by atoms with van der Waals surface area (Å²) in [6.45, 7) is 4.79. The van der Waals surface area contributed by atoms with Gasteiger partial charge in [-0.1, -0.05) is 31.5 Å². The quantitative estimate of drug-likeness (QED) is 0.573. The van der Waals surface area contributed by atoms with Crippen LogP contribution >= 0.6 is 0 Å². The zero-order valence-electron chi connectivity index (χ0n) is 17.2. The van der Waals surface area contributed by atoms with Crippen LogP contribution in [-0.2, 0) is 22.3 Å². The largest absolute Gasteiger partial charge is 0.494 e. The Bertz CT molecular complexity index is 1090. The smallest absolute Gasteiger partial charge is 0.256 e. The molecule has 0 radical (unpaired) electrons. The van der Waals surface area contributed by atoms with Crippen LogP contribution in [0.1, 0.15) is 46.9 Å². The van der Waals surface area contributed by atoms with E-state index in [2.05, 4.69) is 17.3 Å². The van der Waals surface area contributed by atoms with E-state index < -0.39 is 10.8 Å². The van der Waals surface area contributed by atoms with Gasteiger partial charge >= 0.3 is 0 Å². The summed E-state index contributed by atoms with van der Waals surface area (Å²) in [6, 6.07) is 15.0. The summed E-state index contributed by atoms with van der Waals surface area (Å²) >= 11 is 0. The lowest BCUT2D eigenvalue weighted by atomic mass is 10.2. The highest BCUT2D eigenvalue weighted by molar-refractivity contribution is 7.83. The third kappa shape index (κ3) is 4.16. The zero-order valence-corrected chi connectivity index (χ0v) is 18.0. The molecule has 1 aliphatic heterocycles. The predicted molar refractivity (Wildman–Crippen MR) is 119 cm³/mol. The fourth-order valence-corrected chi connectivity index (χ4v) is 4.71. The molecular weight excluding hydrogens is 398 g/mol. The Morgan fingerprint density at radius 3 is 2.67 bits per heavy atom. The Morgan fingerprint density at radius 2 is 1.93 bits per heavy atom. The molecule has 0 fully saturated rings. The van der Waals surface area contributed by atoms with Gasteiger partial charge in [-0.15, -0.1) is 0 Å². The Morgan fingerprint density at radius 1 is 1.17 bits per heavy atom. The zero-order chi connectivity index (χ0) is 21.1. The molecule has 0 bridgehead atoms. The van der Waals surface area contributed by atoms with Crippen LogP contribution in [0, 0.1) is 6.92 Å². The number of anilines is 1. The molecule has 4 rings (SSSR count). The minimum atomic E-state index is -0.979. The van der Waals surface area contributed by atoms with Crippen molar-refractivity contribution in [2.24, 2.45) is 0 Å². The van der Waals surface area contributed by atoms with E-state index >= 15 is 0 Å². The summed E-state index contributed by atoms with van der Waals surface area (Å²) in [4.78, 5) is 13.0. The van der Waals surface area contributed by atoms with Gasteiger partial charge in [0.2, 0.25) is 0 Å². The van der Waals surface area contributed by atoms with Crippen molar-refractivity contribution in [3.05, 3.63) is 70.9 Å². The van der Waals surface area contributed by atoms with Crippen LogP contribution < -0.4 is 10.1 Å². The van der Waals surface area contributed by atoms with Crippen molar-refractivity contribution in [1.29, 1.82) is 0 Å². The maximum Gasteiger partial charge on any atom is 0.256 e. The van der Waals surface area contributed by atoms with E-state index in [0.29, 0.717) is 29.5 Å². The summed E-state index contributed by atoms with van der Waals surface area (Å²) in [6.07, 6.45) is 2.07. The van der Waals surface area contributed by atoms with Crippen LogP contribution in [0.4, 0.5) is 5.82 Å². The Labute approximate surface area is 178 Å². The molecule has 1 amide bonds. The monoisotopic (exact) mass is 423 g/mol. The maximum absolute atomic E-state index is 13.0. The second kappa shape index (κ2) is 8.83. The van der Waals surface area contributed by atoms with Gasteiger partial charge in [-0.3, -0.25) is 9.00 Å². The summed E-state index contributed by atoms with van der Waals surface area (Å²) in [5.74, 6) is 1.94. The molecule has 1 aromatic heterocycles. The van der Waals surface area contributed by atoms with Gasteiger partial charge in [0.1, 0.15) is 11.6 Å². The summed E-state index contributed by atoms with van der Waals surface area (Å²) in [5, 5.41) is 7.68. The number of hydrogen-bond donors (Lipinski definition) is 1. The molecule has 7 heteroatoms. The van der Waals surface area contributed by atoms with Gasteiger partial charge in [-0.2, -0.15) is 5.10 Å². The van der Waals surface area contributed by atoms with Gasteiger partial charge in [0.15, 0.2) is 0 Å². The number of ether oxygens (including phenoxy) is 1.